The van der Waals surface area contributed by atoms with Gasteiger partial charge in [0, 0.05) is 57.3 Å². The Morgan fingerprint density at radius 1 is 0.978 bits per heavy atom. The largest absolute Gasteiger partial charge is 0.486 e. The van der Waals surface area contributed by atoms with E-state index in [1.807, 2.05) is 69.4 Å². The number of pyridine rings is 3. The first-order valence-electron chi connectivity index (χ1n) is 19.6. The topological polar surface area (TPSA) is 51.8 Å². The van der Waals surface area contributed by atoms with Crippen LogP contribution in [0.1, 0.15) is 62.7 Å². The van der Waals surface area contributed by atoms with Crippen molar-refractivity contribution in [2.24, 2.45) is 5.92 Å². The van der Waals surface area contributed by atoms with E-state index >= 15 is 0 Å². The zero-order chi connectivity index (χ0) is 39.8. The summed E-state index contributed by atoms with van der Waals surface area (Å²) in [7, 11) is -1.67. The normalized spacial score (nSPS) is 21.0. The van der Waals surface area contributed by atoms with E-state index in [9.17, 15) is 0 Å². The van der Waals surface area contributed by atoms with E-state index in [0.29, 0.717) is 22.2 Å². The maximum atomic E-state index is 8.55. The number of fused-ring (bicyclic) bond motifs is 4. The molecule has 6 heteroatoms. The summed E-state index contributed by atoms with van der Waals surface area (Å²) in [6.45, 7) is 12.4. The summed E-state index contributed by atoms with van der Waals surface area (Å²) in [5.74, 6) is -0.0856. The molecule has 0 saturated carbocycles. The Labute approximate surface area is 296 Å². The van der Waals surface area contributed by atoms with Crippen molar-refractivity contribution in [3.8, 4) is 22.5 Å². The van der Waals surface area contributed by atoms with E-state index in [0.717, 1.165) is 33.1 Å². The molecule has 2 aromatic carbocycles. The summed E-state index contributed by atoms with van der Waals surface area (Å²) in [4.78, 5) is 13.2. The molecule has 0 N–H and O–H groups in total. The van der Waals surface area contributed by atoms with E-state index in [1.54, 1.807) is 12.1 Å². The van der Waals surface area contributed by atoms with Gasteiger partial charge in [0.1, 0.15) is 0 Å². The van der Waals surface area contributed by atoms with Crippen LogP contribution < -0.4 is 5.19 Å². The van der Waals surface area contributed by atoms with Crippen LogP contribution in [0.2, 0.25) is 19.6 Å². The van der Waals surface area contributed by atoms with Gasteiger partial charge in [-0.15, -0.1) is 59.7 Å². The molecule has 0 atom stereocenters. The monoisotopic (exact) mass is 798 g/mol. The van der Waals surface area contributed by atoms with Crippen molar-refractivity contribution in [1.82, 2.24) is 15.0 Å². The Hall–Kier alpha value is -3.44. The second-order valence-electron chi connectivity index (χ2n) is 12.1. The van der Waals surface area contributed by atoms with Gasteiger partial charge in [0.15, 0.2) is 0 Å². The van der Waals surface area contributed by atoms with Crippen molar-refractivity contribution >= 4 is 35.3 Å². The summed E-state index contributed by atoms with van der Waals surface area (Å²) < 4.78 is 89.3. The average Bonchev–Trinajstić information content (AvgIpc) is 3.47. The molecule has 1 radical (unpaired) electrons. The quantitative estimate of drug-likeness (QED) is 0.129. The van der Waals surface area contributed by atoms with Crippen molar-refractivity contribution < 1.29 is 38.2 Å². The van der Waals surface area contributed by atoms with Crippen molar-refractivity contribution in [2.45, 2.75) is 72.3 Å². The molecule has 7 rings (SSSR count). The van der Waals surface area contributed by atoms with Crippen molar-refractivity contribution in [3.63, 3.8) is 0 Å². The van der Waals surface area contributed by atoms with Gasteiger partial charge < -0.3 is 14.4 Å². The van der Waals surface area contributed by atoms with Gasteiger partial charge in [0.25, 0.3) is 0 Å². The molecule has 0 fully saturated rings. The van der Waals surface area contributed by atoms with Gasteiger partial charge in [-0.05, 0) is 79.5 Å². The van der Waals surface area contributed by atoms with Crippen LogP contribution in [0.25, 0.3) is 44.6 Å². The molecule has 0 amide bonds. The van der Waals surface area contributed by atoms with Crippen LogP contribution in [-0.4, -0.2) is 23.0 Å². The van der Waals surface area contributed by atoms with Crippen LogP contribution in [0.15, 0.2) is 77.5 Å². The summed E-state index contributed by atoms with van der Waals surface area (Å²) in [6, 6.07) is 23.9. The van der Waals surface area contributed by atoms with Gasteiger partial charge in [-0.2, -0.15) is 0 Å². The summed E-state index contributed by atoms with van der Waals surface area (Å²) in [5, 5.41) is 2.51. The molecule has 0 bridgehead atoms. The predicted molar refractivity (Wildman–Crippen MR) is 185 cm³/mol. The first kappa shape index (κ1) is 22.1. The number of benzene rings is 2. The Morgan fingerprint density at radius 2 is 1.80 bits per heavy atom. The molecule has 45 heavy (non-hydrogen) atoms. The Kier molecular flexibility index (Phi) is 6.84. The van der Waals surface area contributed by atoms with E-state index < -0.39 is 39.9 Å². The number of hydrogen-bond acceptors (Lipinski definition) is 4. The fourth-order valence-corrected chi connectivity index (χ4v) is 6.51. The van der Waals surface area contributed by atoms with Crippen molar-refractivity contribution in [2.75, 3.05) is 0 Å². The number of nitrogens with zero attached hydrogens (tertiary/aromatic N) is 3. The van der Waals surface area contributed by atoms with E-state index in [-0.39, 0.29) is 42.8 Å². The minimum absolute atomic E-state index is 0. The van der Waals surface area contributed by atoms with Crippen LogP contribution in [0.4, 0.5) is 0 Å². The van der Waals surface area contributed by atoms with Crippen molar-refractivity contribution in [3.05, 3.63) is 108 Å². The van der Waals surface area contributed by atoms with Crippen LogP contribution in [0, 0.1) is 25.0 Å². The van der Waals surface area contributed by atoms with E-state index in [4.69, 9.17) is 18.1 Å². The molecule has 4 aromatic heterocycles. The van der Waals surface area contributed by atoms with Gasteiger partial charge in [0.05, 0.1) is 13.7 Å². The minimum Gasteiger partial charge on any atom is -0.486 e. The Bertz CT molecular complexity index is 2380. The van der Waals surface area contributed by atoms with E-state index in [1.165, 1.54) is 12.3 Å². The third-order valence-corrected chi connectivity index (χ3v) is 9.22. The number of rotatable bonds is 5. The molecule has 4 heterocycles. The third kappa shape index (κ3) is 7.35. The standard InChI is InChI=1S/C21H17N2O.C18H24NSi.Ir/c1-13-6-8-17-18-12-15(7-9-19(18)24-21(17)23-13)20-16-5-3-2-4-14(16)10-11-22-20;1-14(2)11-16-12-17(15-9-7-6-8-10-15)19-13-18(16)20(3,4)5;/h6,8-12H,2-5H2,1H3;6-9,12-14H,11H2,1-5H3;/q2*-1;/i2D2,3D2,4D2,5D2;11D2;. The number of hydrogen-bond donors (Lipinski definition) is 0. The van der Waals surface area contributed by atoms with Crippen molar-refractivity contribution in [1.29, 1.82) is 0 Å². The summed E-state index contributed by atoms with van der Waals surface area (Å²) in [6.07, 6.45) is -10.1. The van der Waals surface area contributed by atoms with Gasteiger partial charge in [-0.25, -0.2) is 4.98 Å². The summed E-state index contributed by atoms with van der Waals surface area (Å²) >= 11 is 0. The molecule has 0 aliphatic heterocycles. The Morgan fingerprint density at radius 3 is 2.56 bits per heavy atom. The zero-order valence-electron chi connectivity index (χ0n) is 36.1. The van der Waals surface area contributed by atoms with Gasteiger partial charge >= 0.3 is 0 Å². The second-order valence-corrected chi connectivity index (χ2v) is 17.1. The van der Waals surface area contributed by atoms with E-state index in [2.05, 4.69) is 46.7 Å². The number of aromatic nitrogens is 3. The molecule has 1 aliphatic rings. The van der Waals surface area contributed by atoms with Crippen LogP contribution >= 0.6 is 0 Å². The first-order chi connectivity index (χ1) is 24.9. The second kappa shape index (κ2) is 13.9. The van der Waals surface area contributed by atoms with Crippen LogP contribution in [0.5, 0.6) is 0 Å². The summed E-state index contributed by atoms with van der Waals surface area (Å²) in [5.41, 5.74) is 3.96. The molecule has 0 spiro atoms. The number of furan rings is 1. The SMILES string of the molecule is [2H]C([2H])(c1cc(-c2[c-]cccc2)ncc1[Si](C)(C)C)C(C)C.[2H]C1([2H])c2ccnc(-c3[c-]cc4oc5nc(C)ccc5c4c3)c2C([2H])([2H])C([2H])([2H])C1([2H])[2H].[Ir]. The molecule has 233 valence electrons. The third-order valence-electron chi connectivity index (χ3n) is 7.20. The maximum absolute atomic E-state index is 8.55. The van der Waals surface area contributed by atoms with Gasteiger partial charge in [-0.3, -0.25) is 0 Å². The predicted octanol–water partition coefficient (Wildman–Crippen LogP) is 9.32. The first-order valence-corrected chi connectivity index (χ1v) is 18.1. The Balaban J connectivity index is 0.000000222. The fraction of sp³-hybridized carbons (Fsp3) is 0.308. The molecular formula is C39H41IrN3OSi-2. The van der Waals surface area contributed by atoms with Gasteiger partial charge in [-0.1, -0.05) is 61.6 Å². The molecule has 0 unspecified atom stereocenters. The van der Waals surface area contributed by atoms with Crippen LogP contribution in [-0.2, 0) is 39.2 Å². The van der Waals surface area contributed by atoms with Crippen LogP contribution in [0.3, 0.4) is 0 Å². The maximum Gasteiger partial charge on any atom is 0.216 e. The number of aryl methyl sites for hydroxylation is 2. The molecule has 1 aliphatic carbocycles. The average molecular weight is 798 g/mol. The molecular weight excluding hydrogens is 747 g/mol. The van der Waals surface area contributed by atoms with Gasteiger partial charge in [0.2, 0.25) is 5.71 Å². The molecule has 0 saturated heterocycles. The fourth-order valence-electron chi connectivity index (χ4n) is 5.10. The molecule has 6 aromatic rings. The molecule has 4 nitrogen and oxygen atoms in total. The minimum atomic E-state index is -3.16. The zero-order valence-corrected chi connectivity index (χ0v) is 29.5. The smallest absolute Gasteiger partial charge is 0.216 e.